The minimum atomic E-state index is -0.863. The van der Waals surface area contributed by atoms with E-state index in [0.29, 0.717) is 16.9 Å². The van der Waals surface area contributed by atoms with E-state index in [2.05, 4.69) is 39.1 Å². The van der Waals surface area contributed by atoms with Crippen LogP contribution in [-0.2, 0) is 24.2 Å². The topological polar surface area (TPSA) is 65.8 Å². The van der Waals surface area contributed by atoms with Gasteiger partial charge in [-0.3, -0.25) is 4.79 Å². The fourth-order valence-electron chi connectivity index (χ4n) is 2.98. The molecule has 2 aromatic rings. The van der Waals surface area contributed by atoms with E-state index in [4.69, 9.17) is 5.11 Å². The van der Waals surface area contributed by atoms with Crippen LogP contribution in [0.4, 0.5) is 5.13 Å². The fourth-order valence-corrected chi connectivity index (χ4v) is 4.89. The van der Waals surface area contributed by atoms with Gasteiger partial charge in [-0.1, -0.05) is 36.0 Å². The molecule has 0 bridgehead atoms. The van der Waals surface area contributed by atoms with Gasteiger partial charge in [0.2, 0.25) is 5.13 Å². The molecular weight excluding hydrogens is 353 g/mol. The molecule has 5 nitrogen and oxygen atoms in total. The van der Waals surface area contributed by atoms with Crippen molar-refractivity contribution in [3.63, 3.8) is 0 Å². The van der Waals surface area contributed by atoms with Crippen LogP contribution in [0.2, 0.25) is 0 Å². The number of carboxylic acid groups (broad SMARTS) is 1. The molecule has 4 rings (SSSR count). The Morgan fingerprint density at radius 2 is 2.21 bits per heavy atom. The van der Waals surface area contributed by atoms with E-state index in [1.54, 1.807) is 17.1 Å². The molecule has 1 fully saturated rings. The Labute approximate surface area is 172 Å². The van der Waals surface area contributed by atoms with Crippen molar-refractivity contribution in [1.82, 2.24) is 9.88 Å². The second-order valence-corrected chi connectivity index (χ2v) is 7.48. The van der Waals surface area contributed by atoms with Crippen molar-refractivity contribution >= 4 is 39.4 Å². The van der Waals surface area contributed by atoms with E-state index >= 15 is 0 Å². The second-order valence-electron chi connectivity index (χ2n) is 5.65. The van der Waals surface area contributed by atoms with Gasteiger partial charge in [-0.25, -0.2) is 4.98 Å². The van der Waals surface area contributed by atoms with Gasteiger partial charge in [0.1, 0.15) is 0 Å². The summed E-state index contributed by atoms with van der Waals surface area (Å²) < 4.78 is 0. The number of benzene rings is 1. The first-order valence-corrected chi connectivity index (χ1v) is 9.26. The molecule has 24 heavy (non-hydrogen) atoms. The summed E-state index contributed by atoms with van der Waals surface area (Å²) in [5.74, 6) is 0.179. The van der Waals surface area contributed by atoms with Crippen molar-refractivity contribution < 1.29 is 40.9 Å². The van der Waals surface area contributed by atoms with Crippen molar-refractivity contribution in [2.24, 2.45) is 4.99 Å². The molecule has 0 spiro atoms. The maximum absolute atomic E-state index is 10.7. The van der Waals surface area contributed by atoms with Crippen molar-refractivity contribution in [1.29, 1.82) is 0 Å². The number of aliphatic imine (C=N–C) groups is 1. The van der Waals surface area contributed by atoms with E-state index in [9.17, 15) is 4.79 Å². The Balaban J connectivity index is 0.00000113. The largest absolute Gasteiger partial charge is 1.00 e. The number of hydrogen-bond donors (Lipinski definition) is 1. The first-order chi connectivity index (χ1) is 11.2. The van der Waals surface area contributed by atoms with E-state index in [-0.39, 0.29) is 37.4 Å². The van der Waals surface area contributed by atoms with Crippen LogP contribution < -0.4 is 29.6 Å². The van der Waals surface area contributed by atoms with Crippen LogP contribution in [0.5, 0.6) is 0 Å². The summed E-state index contributed by atoms with van der Waals surface area (Å²) in [7, 11) is 0. The van der Waals surface area contributed by atoms with E-state index in [1.807, 2.05) is 0 Å². The van der Waals surface area contributed by atoms with Gasteiger partial charge >= 0.3 is 35.5 Å². The molecule has 3 heterocycles. The molecule has 2 aliphatic heterocycles. The molecule has 120 valence electrons. The number of nitrogens with zero attached hydrogens (tertiary/aromatic N) is 3. The normalized spacial score (nSPS) is 20.4. The Hall–Kier alpha value is -0.860. The molecule has 0 amide bonds. The molecule has 1 aromatic heterocycles. The van der Waals surface area contributed by atoms with Crippen LogP contribution in [-0.4, -0.2) is 37.9 Å². The molecule has 1 aromatic carbocycles. The molecule has 1 saturated heterocycles. The molecule has 1 N–H and O–H groups in total. The molecule has 8 heteroatoms. The summed E-state index contributed by atoms with van der Waals surface area (Å²) >= 11 is 3.16. The van der Waals surface area contributed by atoms with Crippen LogP contribution in [0.1, 0.15) is 18.2 Å². The van der Waals surface area contributed by atoms with Crippen LogP contribution >= 0.6 is 23.1 Å². The second kappa shape index (κ2) is 7.58. The molecule has 1 atom stereocenters. The number of carboxylic acids is 1. The zero-order valence-electron chi connectivity index (χ0n) is 14.3. The number of hydrogen-bond acceptors (Lipinski definition) is 5. The van der Waals surface area contributed by atoms with Crippen molar-refractivity contribution in [3.05, 3.63) is 46.5 Å². The Bertz CT molecular complexity index is 799. The first kappa shape index (κ1) is 17.9. The van der Waals surface area contributed by atoms with Crippen LogP contribution in [0, 0.1) is 0 Å². The van der Waals surface area contributed by atoms with Gasteiger partial charge in [0.25, 0.3) is 0 Å². The van der Waals surface area contributed by atoms with Crippen molar-refractivity contribution in [2.75, 3.05) is 5.75 Å². The van der Waals surface area contributed by atoms with Gasteiger partial charge in [-0.15, -0.1) is 11.3 Å². The smallest absolute Gasteiger partial charge is 1.00 e. The first-order valence-electron chi connectivity index (χ1n) is 7.40. The number of thioether (sulfide) groups is 1. The van der Waals surface area contributed by atoms with Gasteiger partial charge in [-0.2, -0.15) is 4.99 Å². The van der Waals surface area contributed by atoms with Crippen molar-refractivity contribution in [3.8, 4) is 0 Å². The third-order valence-electron chi connectivity index (χ3n) is 4.07. The summed E-state index contributed by atoms with van der Waals surface area (Å²) in [6.45, 7) is 0.889. The number of aliphatic carboxylic acids is 1. The van der Waals surface area contributed by atoms with Crippen LogP contribution in [0.15, 0.2) is 34.6 Å². The van der Waals surface area contributed by atoms with Crippen LogP contribution in [0.25, 0.3) is 0 Å². The SMILES string of the molecule is O=C(O)Cc1csc(N=C2SCC3Cc4ccccc4CN23)n1.[H-].[Na+]. The maximum Gasteiger partial charge on any atom is 1.00 e. The number of thiazole rings is 1. The quantitative estimate of drug-likeness (QED) is 0.775. The summed E-state index contributed by atoms with van der Waals surface area (Å²) in [4.78, 5) is 22.1. The number of aromatic nitrogens is 1. The molecular formula is C16H16N3NaO2S2. The Morgan fingerprint density at radius 1 is 1.42 bits per heavy atom. The van der Waals surface area contributed by atoms with Crippen molar-refractivity contribution in [2.45, 2.75) is 25.4 Å². The molecule has 0 saturated carbocycles. The Morgan fingerprint density at radius 3 is 3.00 bits per heavy atom. The maximum atomic E-state index is 10.7. The monoisotopic (exact) mass is 369 g/mol. The summed E-state index contributed by atoms with van der Waals surface area (Å²) in [5.41, 5.74) is 3.38. The predicted octanol–water partition coefficient (Wildman–Crippen LogP) is 0.0479. The van der Waals surface area contributed by atoms with Crippen LogP contribution in [0.3, 0.4) is 0 Å². The molecule has 0 aliphatic carbocycles. The minimum Gasteiger partial charge on any atom is -1.00 e. The van der Waals surface area contributed by atoms with E-state index in [1.165, 1.54) is 22.5 Å². The zero-order valence-corrected chi connectivity index (χ0v) is 16.9. The summed E-state index contributed by atoms with van der Waals surface area (Å²) in [6, 6.07) is 9.07. The summed E-state index contributed by atoms with van der Waals surface area (Å²) in [6.07, 6.45) is 1.01. The molecule has 2 aliphatic rings. The Kier molecular flexibility index (Phi) is 5.66. The van der Waals surface area contributed by atoms with E-state index in [0.717, 1.165) is 23.9 Å². The summed E-state index contributed by atoms with van der Waals surface area (Å²) in [5, 5.41) is 12.2. The van der Waals surface area contributed by atoms with Gasteiger partial charge in [0.05, 0.1) is 12.1 Å². The number of carbonyl (C=O) groups is 1. The number of rotatable bonds is 3. The predicted molar refractivity (Wildman–Crippen MR) is 93.6 cm³/mol. The standard InChI is InChI=1S/C16H15N3O2S2.Na.H/c20-14(21)6-12-8-22-15(17-12)18-16-19-7-11-4-2-1-3-10(11)5-13(19)9-23-16;;/h1-4,8,13H,5-7,9H2,(H,20,21);;/q;+1;-1. The van der Waals surface area contributed by atoms with Gasteiger partial charge in [-0.05, 0) is 17.5 Å². The van der Waals surface area contributed by atoms with Gasteiger partial charge < -0.3 is 11.4 Å². The number of amidine groups is 1. The van der Waals surface area contributed by atoms with Gasteiger partial charge in [0.15, 0.2) is 5.17 Å². The third kappa shape index (κ3) is 3.70. The third-order valence-corrected chi connectivity index (χ3v) is 5.99. The van der Waals surface area contributed by atoms with Gasteiger partial charge in [0, 0.05) is 23.7 Å². The minimum absolute atomic E-state index is 0. The number of fused-ring (bicyclic) bond motifs is 2. The fraction of sp³-hybridized carbons (Fsp3) is 0.312. The van der Waals surface area contributed by atoms with E-state index < -0.39 is 5.97 Å². The average Bonchev–Trinajstić information content (AvgIpc) is 3.12. The molecule has 0 radical (unpaired) electrons. The molecule has 1 unspecified atom stereocenters. The average molecular weight is 369 g/mol. The zero-order chi connectivity index (χ0) is 15.8.